The standard InChI is InChI=1S/C58H32O4S2/c1-7-19-45-35(13-1)37-29-33(25-27-47(37)59-45)53-31-43-55(63-53)58(41-17-5-11-23-51(41)62-52-24-12-6-18-42(52)58)44-32-54(34-26-28-48-38(30-34)36-14-2-8-20-46(36)60-48)64-56(44)57(43)39-15-3-9-21-49(39)61-50-22-10-4-16-40(50)57/h1-32H. The summed E-state index contributed by atoms with van der Waals surface area (Å²) >= 11 is 3.79. The number of furan rings is 2. The van der Waals surface area contributed by atoms with Crippen LogP contribution in [-0.2, 0) is 10.8 Å². The normalized spacial score (nSPS) is 14.8. The number of para-hydroxylation sites is 6. The lowest BCUT2D eigenvalue weighted by Gasteiger charge is -2.50. The lowest BCUT2D eigenvalue weighted by atomic mass is 9.54. The highest BCUT2D eigenvalue weighted by atomic mass is 32.1. The first-order chi connectivity index (χ1) is 31.7. The van der Waals surface area contributed by atoms with E-state index in [2.05, 4.69) is 182 Å². The van der Waals surface area contributed by atoms with Gasteiger partial charge in [0, 0.05) is 63.3 Å². The third-order valence-electron chi connectivity index (χ3n) is 13.9. The second-order valence-corrected chi connectivity index (χ2v) is 19.1. The molecule has 2 aliphatic heterocycles. The van der Waals surface area contributed by atoms with Gasteiger partial charge >= 0.3 is 0 Å². The van der Waals surface area contributed by atoms with Crippen molar-refractivity contribution >= 4 is 66.6 Å². The van der Waals surface area contributed by atoms with Crippen molar-refractivity contribution in [1.29, 1.82) is 0 Å². The van der Waals surface area contributed by atoms with Gasteiger partial charge in [0.2, 0.25) is 0 Å². The van der Waals surface area contributed by atoms with Gasteiger partial charge in [0.05, 0.1) is 10.8 Å². The molecule has 0 saturated carbocycles. The Kier molecular flexibility index (Phi) is 6.82. The summed E-state index contributed by atoms with van der Waals surface area (Å²) in [5, 5.41) is 4.45. The summed E-state index contributed by atoms with van der Waals surface area (Å²) in [6.45, 7) is 0. The van der Waals surface area contributed by atoms with E-state index in [1.54, 1.807) is 0 Å². The van der Waals surface area contributed by atoms with Crippen LogP contribution in [0.15, 0.2) is 203 Å². The molecule has 4 nitrogen and oxygen atoms in total. The number of ether oxygens (including phenoxy) is 2. The molecule has 0 N–H and O–H groups in total. The van der Waals surface area contributed by atoms with Gasteiger partial charge < -0.3 is 18.3 Å². The first kappa shape index (κ1) is 34.9. The van der Waals surface area contributed by atoms with E-state index in [1.165, 1.54) is 30.6 Å². The van der Waals surface area contributed by atoms with Gasteiger partial charge in [-0.3, -0.25) is 0 Å². The van der Waals surface area contributed by atoms with Crippen LogP contribution in [-0.4, -0.2) is 0 Å². The summed E-state index contributed by atoms with van der Waals surface area (Å²) in [7, 11) is 0. The van der Waals surface area contributed by atoms with Gasteiger partial charge in [0.15, 0.2) is 0 Å². The zero-order chi connectivity index (χ0) is 41.7. The molecule has 3 aliphatic rings. The molecule has 15 rings (SSSR count). The van der Waals surface area contributed by atoms with Crippen LogP contribution >= 0.6 is 22.7 Å². The first-order valence-electron chi connectivity index (χ1n) is 21.5. The third-order valence-corrected chi connectivity index (χ3v) is 16.5. The average molecular weight is 857 g/mol. The molecule has 2 spiro atoms. The minimum Gasteiger partial charge on any atom is -0.457 e. The van der Waals surface area contributed by atoms with E-state index >= 15 is 0 Å². The lowest BCUT2D eigenvalue weighted by molar-refractivity contribution is 0.418. The van der Waals surface area contributed by atoms with E-state index in [0.717, 1.165) is 100 Å². The molecule has 8 aromatic carbocycles. The second-order valence-electron chi connectivity index (χ2n) is 17.0. The maximum atomic E-state index is 6.90. The number of fused-ring (bicyclic) bond motifs is 20. The van der Waals surface area contributed by atoms with E-state index in [-0.39, 0.29) is 0 Å². The predicted molar refractivity (Wildman–Crippen MR) is 258 cm³/mol. The molecule has 64 heavy (non-hydrogen) atoms. The van der Waals surface area contributed by atoms with E-state index in [0.29, 0.717) is 0 Å². The number of rotatable bonds is 2. The van der Waals surface area contributed by atoms with E-state index in [1.807, 2.05) is 34.8 Å². The maximum absolute atomic E-state index is 6.90. The topological polar surface area (TPSA) is 44.7 Å². The molecule has 0 atom stereocenters. The molecule has 0 fully saturated rings. The Hall–Kier alpha value is -7.64. The van der Waals surface area contributed by atoms with Crippen LogP contribution in [0.1, 0.15) is 43.1 Å². The van der Waals surface area contributed by atoms with Gasteiger partial charge in [-0.25, -0.2) is 0 Å². The third kappa shape index (κ3) is 4.36. The molecule has 0 unspecified atom stereocenters. The highest BCUT2D eigenvalue weighted by molar-refractivity contribution is 7.17. The molecule has 0 amide bonds. The minimum atomic E-state index is -0.736. The largest absolute Gasteiger partial charge is 0.457 e. The highest BCUT2D eigenvalue weighted by Crippen LogP contribution is 2.70. The Morgan fingerprint density at radius 2 is 0.641 bits per heavy atom. The predicted octanol–water partition coefficient (Wildman–Crippen LogP) is 16.2. The van der Waals surface area contributed by atoms with Crippen LogP contribution in [0.5, 0.6) is 23.0 Å². The Morgan fingerprint density at radius 3 is 1.05 bits per heavy atom. The molecule has 0 radical (unpaired) electrons. The van der Waals surface area contributed by atoms with Gasteiger partial charge in [-0.15, -0.1) is 22.7 Å². The van der Waals surface area contributed by atoms with Crippen molar-refractivity contribution in [3.8, 4) is 43.9 Å². The molecule has 1 aliphatic carbocycles. The minimum absolute atomic E-state index is 0.736. The van der Waals surface area contributed by atoms with Gasteiger partial charge in [-0.05, 0) is 107 Å². The van der Waals surface area contributed by atoms with Crippen LogP contribution in [0.2, 0.25) is 0 Å². The zero-order valence-corrected chi connectivity index (χ0v) is 35.6. The fraction of sp³-hybridized carbons (Fsp3) is 0.0345. The molecule has 300 valence electrons. The lowest BCUT2D eigenvalue weighted by Crippen LogP contribution is -2.45. The number of thiophene rings is 2. The molecular formula is C58H32O4S2. The van der Waals surface area contributed by atoms with E-state index < -0.39 is 10.8 Å². The van der Waals surface area contributed by atoms with Crippen molar-refractivity contribution in [2.45, 2.75) is 10.8 Å². The van der Waals surface area contributed by atoms with Crippen molar-refractivity contribution in [2.24, 2.45) is 0 Å². The highest BCUT2D eigenvalue weighted by Gasteiger charge is 2.61. The van der Waals surface area contributed by atoms with Crippen molar-refractivity contribution in [3.05, 3.63) is 237 Å². The van der Waals surface area contributed by atoms with E-state index in [9.17, 15) is 0 Å². The summed E-state index contributed by atoms with van der Waals surface area (Å²) in [5.74, 6) is 3.45. The Balaban J connectivity index is 1.11. The molecule has 12 aromatic rings. The van der Waals surface area contributed by atoms with Crippen LogP contribution in [0, 0.1) is 0 Å². The smallest absolute Gasteiger partial charge is 0.135 e. The second kappa shape index (κ2) is 12.5. The van der Waals surface area contributed by atoms with Crippen molar-refractivity contribution in [1.82, 2.24) is 0 Å². The monoisotopic (exact) mass is 856 g/mol. The zero-order valence-electron chi connectivity index (χ0n) is 33.9. The molecule has 6 heteroatoms. The Labute approximate surface area is 374 Å². The number of hydrogen-bond donors (Lipinski definition) is 0. The molecule has 4 aromatic heterocycles. The first-order valence-corrected chi connectivity index (χ1v) is 23.2. The van der Waals surface area contributed by atoms with Gasteiger partial charge in [0.25, 0.3) is 0 Å². The molecular weight excluding hydrogens is 825 g/mol. The van der Waals surface area contributed by atoms with Crippen molar-refractivity contribution < 1.29 is 18.3 Å². The summed E-state index contributed by atoms with van der Waals surface area (Å²) in [6.07, 6.45) is 0. The maximum Gasteiger partial charge on any atom is 0.135 e. The summed E-state index contributed by atoms with van der Waals surface area (Å²) < 4.78 is 26.5. The fourth-order valence-electron chi connectivity index (χ4n) is 11.2. The fourth-order valence-corrected chi connectivity index (χ4v) is 14.1. The molecule has 6 heterocycles. The number of benzene rings is 8. The van der Waals surface area contributed by atoms with Crippen LogP contribution in [0.25, 0.3) is 64.8 Å². The average Bonchev–Trinajstić information content (AvgIpc) is 4.16. The van der Waals surface area contributed by atoms with Crippen LogP contribution in [0.4, 0.5) is 0 Å². The van der Waals surface area contributed by atoms with Crippen molar-refractivity contribution in [2.75, 3.05) is 0 Å². The molecule has 0 saturated heterocycles. The van der Waals surface area contributed by atoms with E-state index in [4.69, 9.17) is 18.3 Å². The van der Waals surface area contributed by atoms with Crippen molar-refractivity contribution in [3.63, 3.8) is 0 Å². The Bertz CT molecular complexity index is 3560. The summed E-state index contributed by atoms with van der Waals surface area (Å²) in [6, 6.07) is 69.7. The Morgan fingerprint density at radius 1 is 0.297 bits per heavy atom. The molecule has 0 bridgehead atoms. The summed E-state index contributed by atoms with van der Waals surface area (Å²) in [5.41, 5.74) is 11.4. The number of hydrogen-bond acceptors (Lipinski definition) is 6. The quantitative estimate of drug-likeness (QED) is 0.174. The van der Waals surface area contributed by atoms with Gasteiger partial charge in [-0.2, -0.15) is 0 Å². The van der Waals surface area contributed by atoms with Crippen LogP contribution < -0.4 is 9.47 Å². The van der Waals surface area contributed by atoms with Gasteiger partial charge in [-0.1, -0.05) is 109 Å². The van der Waals surface area contributed by atoms with Crippen LogP contribution in [0.3, 0.4) is 0 Å². The SMILES string of the molecule is c1ccc2c(c1)Oc1ccccc1C21c2cc(-c3ccc4oc5ccccc5c4c3)sc2C2(c3ccccc3Oc3ccccc32)c2cc(-c3ccc4oc5ccccc5c4c3)sc21. The van der Waals surface area contributed by atoms with Gasteiger partial charge in [0.1, 0.15) is 45.3 Å². The summed E-state index contributed by atoms with van der Waals surface area (Å²) in [4.78, 5) is 4.91.